The molecule has 0 aliphatic heterocycles. The van der Waals surface area contributed by atoms with E-state index in [2.05, 4.69) is 36.6 Å². The molecule has 0 aromatic carbocycles. The van der Waals surface area contributed by atoms with Gasteiger partial charge in [0.2, 0.25) is 0 Å². The van der Waals surface area contributed by atoms with E-state index in [0.29, 0.717) is 18.9 Å². The van der Waals surface area contributed by atoms with Crippen LogP contribution in [-0.2, 0) is 0 Å². The number of rotatable bonds is 7. The summed E-state index contributed by atoms with van der Waals surface area (Å²) in [5.41, 5.74) is 0.0771. The van der Waals surface area contributed by atoms with Crippen LogP contribution in [0.4, 0.5) is 4.79 Å². The molecule has 0 aromatic heterocycles. The Kier molecular flexibility index (Phi) is 7.46. The Morgan fingerprint density at radius 3 is 2.71 bits per heavy atom. The first kappa shape index (κ1) is 18.2. The number of carbonyl (C=O) groups excluding carboxylic acids is 1. The number of aliphatic hydroxyl groups excluding tert-OH is 1. The van der Waals surface area contributed by atoms with Crippen LogP contribution >= 0.6 is 0 Å². The van der Waals surface area contributed by atoms with E-state index in [1.807, 2.05) is 6.92 Å². The highest BCUT2D eigenvalue weighted by Crippen LogP contribution is 2.35. The molecule has 1 rings (SSSR count). The number of urea groups is 1. The highest BCUT2D eigenvalue weighted by molar-refractivity contribution is 5.74. The summed E-state index contributed by atoms with van der Waals surface area (Å²) in [4.78, 5) is 14.3. The lowest BCUT2D eigenvalue weighted by atomic mass is 9.75. The van der Waals surface area contributed by atoms with Crippen molar-refractivity contribution < 1.29 is 9.90 Å². The molecule has 1 fully saturated rings. The minimum atomic E-state index is -0.116. The Morgan fingerprint density at radius 1 is 1.48 bits per heavy atom. The number of carbonyl (C=O) groups is 1. The van der Waals surface area contributed by atoms with E-state index < -0.39 is 0 Å². The zero-order valence-corrected chi connectivity index (χ0v) is 14.1. The maximum Gasteiger partial charge on any atom is 0.315 e. The van der Waals surface area contributed by atoms with Crippen LogP contribution in [0.25, 0.3) is 0 Å². The standard InChI is InChI=1S/C16H33N3O2/c1-5-14(8-10-20)18-15(21)17-12-16(19(3)4)9-6-7-13(2)11-16/h13-14,20H,5-12H2,1-4H3,(H2,17,18,21). The number of nitrogens with zero attached hydrogens (tertiary/aromatic N) is 1. The van der Waals surface area contributed by atoms with Gasteiger partial charge in [0.25, 0.3) is 0 Å². The fourth-order valence-electron chi connectivity index (χ4n) is 3.37. The van der Waals surface area contributed by atoms with Crippen LogP contribution < -0.4 is 10.6 Å². The monoisotopic (exact) mass is 299 g/mol. The molecule has 3 unspecified atom stereocenters. The molecule has 1 aliphatic carbocycles. The maximum atomic E-state index is 12.1. The van der Waals surface area contributed by atoms with E-state index in [4.69, 9.17) is 5.11 Å². The Balaban J connectivity index is 2.51. The molecule has 0 bridgehead atoms. The Morgan fingerprint density at radius 2 is 2.19 bits per heavy atom. The minimum absolute atomic E-state index is 0.0515. The zero-order valence-electron chi connectivity index (χ0n) is 14.1. The summed E-state index contributed by atoms with van der Waals surface area (Å²) in [7, 11) is 4.22. The Labute approximate surface area is 129 Å². The molecule has 5 nitrogen and oxygen atoms in total. The molecule has 21 heavy (non-hydrogen) atoms. The number of likely N-dealkylation sites (N-methyl/N-ethyl adjacent to an activating group) is 1. The number of hydrogen-bond acceptors (Lipinski definition) is 3. The van der Waals surface area contributed by atoms with Crippen molar-refractivity contribution in [3.8, 4) is 0 Å². The number of nitrogens with one attached hydrogen (secondary N) is 2. The van der Waals surface area contributed by atoms with Crippen LogP contribution in [0, 0.1) is 5.92 Å². The van der Waals surface area contributed by atoms with Crippen molar-refractivity contribution in [2.75, 3.05) is 27.2 Å². The molecule has 0 spiro atoms. The molecule has 124 valence electrons. The summed E-state index contributed by atoms with van der Waals surface area (Å²) in [5.74, 6) is 0.712. The molecule has 5 heteroatoms. The molecule has 3 N–H and O–H groups in total. The van der Waals surface area contributed by atoms with Gasteiger partial charge in [-0.25, -0.2) is 4.79 Å². The first-order valence-electron chi connectivity index (χ1n) is 8.26. The number of aliphatic hydroxyl groups is 1. The third-order valence-corrected chi connectivity index (χ3v) is 4.90. The second-order valence-electron chi connectivity index (χ2n) is 6.76. The highest BCUT2D eigenvalue weighted by Gasteiger charge is 2.37. The second-order valence-corrected chi connectivity index (χ2v) is 6.76. The molecule has 0 saturated heterocycles. The van der Waals surface area contributed by atoms with Crippen molar-refractivity contribution in [1.82, 2.24) is 15.5 Å². The third kappa shape index (κ3) is 5.47. The van der Waals surface area contributed by atoms with Gasteiger partial charge in [0.05, 0.1) is 0 Å². The van der Waals surface area contributed by atoms with Crippen LogP contribution in [0.2, 0.25) is 0 Å². The summed E-state index contributed by atoms with van der Waals surface area (Å²) in [6.07, 6.45) is 6.23. The average Bonchev–Trinajstić information content (AvgIpc) is 2.44. The first-order chi connectivity index (χ1) is 9.93. The lowest BCUT2D eigenvalue weighted by Gasteiger charge is -2.45. The van der Waals surface area contributed by atoms with Gasteiger partial charge in [-0.05, 0) is 45.7 Å². The normalized spacial score (nSPS) is 27.4. The van der Waals surface area contributed by atoms with Crippen molar-refractivity contribution in [2.45, 2.75) is 64.0 Å². The van der Waals surface area contributed by atoms with Gasteiger partial charge in [0.15, 0.2) is 0 Å². The summed E-state index contributed by atoms with van der Waals surface area (Å²) >= 11 is 0. The van der Waals surface area contributed by atoms with Gasteiger partial charge in [0.1, 0.15) is 0 Å². The first-order valence-corrected chi connectivity index (χ1v) is 8.26. The van der Waals surface area contributed by atoms with Gasteiger partial charge in [-0.3, -0.25) is 0 Å². The van der Waals surface area contributed by atoms with Crippen LogP contribution in [-0.4, -0.2) is 54.9 Å². The van der Waals surface area contributed by atoms with E-state index >= 15 is 0 Å². The van der Waals surface area contributed by atoms with Crippen LogP contribution in [0.5, 0.6) is 0 Å². The van der Waals surface area contributed by atoms with Gasteiger partial charge >= 0.3 is 6.03 Å². The smallest absolute Gasteiger partial charge is 0.315 e. The fourth-order valence-corrected chi connectivity index (χ4v) is 3.37. The number of hydrogen-bond donors (Lipinski definition) is 3. The van der Waals surface area contributed by atoms with E-state index in [-0.39, 0.29) is 24.2 Å². The maximum absolute atomic E-state index is 12.1. The fraction of sp³-hybridized carbons (Fsp3) is 0.938. The Bertz CT molecular complexity index is 323. The molecule has 0 aromatic rings. The summed E-state index contributed by atoms with van der Waals surface area (Å²) in [5, 5.41) is 15.0. The molecular formula is C16H33N3O2. The summed E-state index contributed by atoms with van der Waals surface area (Å²) in [6, 6.07) is -0.0645. The van der Waals surface area contributed by atoms with E-state index in [0.717, 1.165) is 19.3 Å². The molecule has 0 heterocycles. The van der Waals surface area contributed by atoms with Crippen molar-refractivity contribution in [1.29, 1.82) is 0 Å². The molecule has 1 aliphatic rings. The van der Waals surface area contributed by atoms with E-state index in [1.165, 1.54) is 12.8 Å². The molecule has 1 saturated carbocycles. The van der Waals surface area contributed by atoms with Gasteiger partial charge in [0, 0.05) is 24.7 Å². The third-order valence-electron chi connectivity index (χ3n) is 4.90. The molecule has 2 amide bonds. The SMILES string of the molecule is CCC(CCO)NC(=O)NCC1(N(C)C)CCCC(C)C1. The topological polar surface area (TPSA) is 64.6 Å². The van der Waals surface area contributed by atoms with Crippen molar-refractivity contribution in [3.63, 3.8) is 0 Å². The molecule has 0 radical (unpaired) electrons. The van der Waals surface area contributed by atoms with Crippen molar-refractivity contribution in [3.05, 3.63) is 0 Å². The van der Waals surface area contributed by atoms with Crippen molar-refractivity contribution in [2.24, 2.45) is 5.92 Å². The van der Waals surface area contributed by atoms with Crippen LogP contribution in [0.1, 0.15) is 52.4 Å². The van der Waals surface area contributed by atoms with Crippen LogP contribution in [0.3, 0.4) is 0 Å². The quantitative estimate of drug-likeness (QED) is 0.673. The van der Waals surface area contributed by atoms with Gasteiger partial charge in [-0.2, -0.15) is 0 Å². The number of amides is 2. The second kappa shape index (κ2) is 8.59. The predicted octanol–water partition coefficient (Wildman–Crippen LogP) is 1.96. The lowest BCUT2D eigenvalue weighted by molar-refractivity contribution is 0.0771. The van der Waals surface area contributed by atoms with Crippen LogP contribution in [0.15, 0.2) is 0 Å². The molecular weight excluding hydrogens is 266 g/mol. The molecule has 3 atom stereocenters. The average molecular weight is 299 g/mol. The van der Waals surface area contributed by atoms with Gasteiger partial charge < -0.3 is 20.6 Å². The zero-order chi connectivity index (χ0) is 15.9. The van der Waals surface area contributed by atoms with E-state index in [9.17, 15) is 4.79 Å². The largest absolute Gasteiger partial charge is 0.396 e. The van der Waals surface area contributed by atoms with Gasteiger partial charge in [-0.15, -0.1) is 0 Å². The van der Waals surface area contributed by atoms with Gasteiger partial charge in [-0.1, -0.05) is 26.7 Å². The highest BCUT2D eigenvalue weighted by atomic mass is 16.3. The minimum Gasteiger partial charge on any atom is -0.396 e. The predicted molar refractivity (Wildman–Crippen MR) is 86.4 cm³/mol. The Hall–Kier alpha value is -0.810. The summed E-state index contributed by atoms with van der Waals surface area (Å²) < 4.78 is 0. The van der Waals surface area contributed by atoms with Crippen molar-refractivity contribution >= 4 is 6.03 Å². The summed E-state index contributed by atoms with van der Waals surface area (Å²) in [6.45, 7) is 5.11. The van der Waals surface area contributed by atoms with E-state index in [1.54, 1.807) is 0 Å². The lowest BCUT2D eigenvalue weighted by Crippen LogP contribution is -2.56.